The summed E-state index contributed by atoms with van der Waals surface area (Å²) in [5, 5.41) is 9.10. The molecular weight excluding hydrogens is 242 g/mol. The number of hydrogen-bond donors (Lipinski definition) is 1. The van der Waals surface area contributed by atoms with Gasteiger partial charge in [0, 0.05) is 5.92 Å². The average Bonchev–Trinajstić information content (AvgIpc) is 2.67. The lowest BCUT2D eigenvalue weighted by Gasteiger charge is -2.09. The molecule has 4 heteroatoms. The highest BCUT2D eigenvalue weighted by Crippen LogP contribution is 2.35. The van der Waals surface area contributed by atoms with Crippen LogP contribution in [0.25, 0.3) is 11.1 Å². The normalized spacial score (nSPS) is 24.2. The van der Waals surface area contributed by atoms with E-state index in [0.717, 1.165) is 49.1 Å². The Labute approximate surface area is 111 Å². The van der Waals surface area contributed by atoms with E-state index in [0.29, 0.717) is 0 Å². The highest BCUT2D eigenvalue weighted by atomic mass is 16.4. The number of aliphatic carboxylic acids is 1. The summed E-state index contributed by atoms with van der Waals surface area (Å²) in [5.41, 5.74) is 1.70. The summed E-state index contributed by atoms with van der Waals surface area (Å²) < 4.78 is 5.80. The molecule has 100 valence electrons. The number of fused-ring (bicyclic) bond motifs is 1. The first kappa shape index (κ1) is 12.2. The zero-order chi connectivity index (χ0) is 13.2. The van der Waals surface area contributed by atoms with Crippen molar-refractivity contribution in [2.75, 3.05) is 0 Å². The minimum Gasteiger partial charge on any atom is -0.481 e. The maximum atomic E-state index is 11.1. The maximum Gasteiger partial charge on any atom is 0.306 e. The highest BCUT2D eigenvalue weighted by Gasteiger charge is 2.26. The standard InChI is InChI=1S/C15H17NO3/c17-15(18)11-5-3-4-10(8-9-11)14-16-12-6-1-2-7-13(12)19-14/h1-2,6-7,10-11H,3-5,8-9H2,(H,17,18). The lowest BCUT2D eigenvalue weighted by atomic mass is 9.98. The largest absolute Gasteiger partial charge is 0.481 e. The Morgan fingerprint density at radius 2 is 2.05 bits per heavy atom. The number of carboxylic acid groups (broad SMARTS) is 1. The Hall–Kier alpha value is -1.84. The number of oxazole rings is 1. The van der Waals surface area contributed by atoms with Gasteiger partial charge in [0.25, 0.3) is 0 Å². The SMILES string of the molecule is O=C(O)C1CCCC(c2nc3ccccc3o2)CC1. The van der Waals surface area contributed by atoms with Crippen molar-refractivity contribution in [3.8, 4) is 0 Å². The van der Waals surface area contributed by atoms with Gasteiger partial charge in [-0.15, -0.1) is 0 Å². The van der Waals surface area contributed by atoms with Crippen molar-refractivity contribution in [2.24, 2.45) is 5.92 Å². The number of carboxylic acids is 1. The molecular formula is C15H17NO3. The molecule has 3 rings (SSSR count). The molecule has 1 aromatic carbocycles. The zero-order valence-corrected chi connectivity index (χ0v) is 10.7. The van der Waals surface area contributed by atoms with Crippen LogP contribution in [0.1, 0.15) is 43.9 Å². The van der Waals surface area contributed by atoms with Crippen LogP contribution >= 0.6 is 0 Å². The second-order valence-corrected chi connectivity index (χ2v) is 5.26. The summed E-state index contributed by atoms with van der Waals surface area (Å²) in [6.45, 7) is 0. The third-order valence-corrected chi connectivity index (χ3v) is 3.98. The molecule has 0 spiro atoms. The zero-order valence-electron chi connectivity index (χ0n) is 10.7. The molecule has 1 fully saturated rings. The van der Waals surface area contributed by atoms with Gasteiger partial charge in [0.2, 0.25) is 0 Å². The van der Waals surface area contributed by atoms with Crippen LogP contribution in [0.5, 0.6) is 0 Å². The molecule has 1 aliphatic carbocycles. The second kappa shape index (κ2) is 5.03. The van der Waals surface area contributed by atoms with E-state index in [1.165, 1.54) is 0 Å². The maximum absolute atomic E-state index is 11.1. The second-order valence-electron chi connectivity index (χ2n) is 5.26. The quantitative estimate of drug-likeness (QED) is 0.837. The summed E-state index contributed by atoms with van der Waals surface area (Å²) in [4.78, 5) is 15.6. The molecule has 2 unspecified atom stereocenters. The van der Waals surface area contributed by atoms with E-state index in [4.69, 9.17) is 9.52 Å². The molecule has 2 aromatic rings. The smallest absolute Gasteiger partial charge is 0.306 e. The molecule has 2 atom stereocenters. The number of benzene rings is 1. The number of para-hydroxylation sites is 2. The van der Waals surface area contributed by atoms with Gasteiger partial charge in [0.1, 0.15) is 5.52 Å². The number of hydrogen-bond acceptors (Lipinski definition) is 3. The molecule has 1 heterocycles. The lowest BCUT2D eigenvalue weighted by Crippen LogP contribution is -2.12. The first-order chi connectivity index (χ1) is 9.24. The van der Waals surface area contributed by atoms with Crippen LogP contribution in [0.15, 0.2) is 28.7 Å². The molecule has 0 radical (unpaired) electrons. The molecule has 19 heavy (non-hydrogen) atoms. The van der Waals surface area contributed by atoms with Gasteiger partial charge in [0.05, 0.1) is 5.92 Å². The van der Waals surface area contributed by atoms with Crippen molar-refractivity contribution < 1.29 is 14.3 Å². The van der Waals surface area contributed by atoms with Gasteiger partial charge in [-0.05, 0) is 37.8 Å². The van der Waals surface area contributed by atoms with Gasteiger partial charge in [-0.25, -0.2) is 4.98 Å². The molecule has 0 saturated heterocycles. The van der Waals surface area contributed by atoms with E-state index in [1.54, 1.807) is 0 Å². The van der Waals surface area contributed by atoms with Crippen LogP contribution < -0.4 is 0 Å². The Kier molecular flexibility index (Phi) is 3.23. The molecule has 1 aromatic heterocycles. The van der Waals surface area contributed by atoms with Crippen molar-refractivity contribution >= 4 is 17.1 Å². The third-order valence-electron chi connectivity index (χ3n) is 3.98. The Balaban J connectivity index is 1.80. The molecule has 4 nitrogen and oxygen atoms in total. The van der Waals surface area contributed by atoms with Crippen molar-refractivity contribution in [2.45, 2.75) is 38.0 Å². The van der Waals surface area contributed by atoms with Crippen LogP contribution in [0.3, 0.4) is 0 Å². The summed E-state index contributed by atoms with van der Waals surface area (Å²) in [6.07, 6.45) is 4.24. The molecule has 1 saturated carbocycles. The van der Waals surface area contributed by atoms with Gasteiger partial charge < -0.3 is 9.52 Å². The fourth-order valence-electron chi connectivity index (χ4n) is 2.86. The fraction of sp³-hybridized carbons (Fsp3) is 0.467. The molecule has 0 aliphatic heterocycles. The van der Waals surface area contributed by atoms with E-state index in [-0.39, 0.29) is 11.8 Å². The minimum absolute atomic E-state index is 0.200. The molecule has 1 aliphatic rings. The van der Waals surface area contributed by atoms with E-state index in [2.05, 4.69) is 4.98 Å². The van der Waals surface area contributed by atoms with E-state index < -0.39 is 5.97 Å². The Morgan fingerprint density at radius 3 is 2.84 bits per heavy atom. The first-order valence-corrected chi connectivity index (χ1v) is 6.82. The van der Waals surface area contributed by atoms with Crippen LogP contribution in [0.4, 0.5) is 0 Å². The van der Waals surface area contributed by atoms with E-state index >= 15 is 0 Å². The van der Waals surface area contributed by atoms with Gasteiger partial charge in [0.15, 0.2) is 11.5 Å². The topological polar surface area (TPSA) is 63.3 Å². The van der Waals surface area contributed by atoms with Crippen molar-refractivity contribution in [1.29, 1.82) is 0 Å². The third kappa shape index (κ3) is 2.48. The van der Waals surface area contributed by atoms with Gasteiger partial charge in [-0.3, -0.25) is 4.79 Å². The van der Waals surface area contributed by atoms with Gasteiger partial charge >= 0.3 is 5.97 Å². The summed E-state index contributed by atoms with van der Waals surface area (Å²) in [5.74, 6) is 0.164. The first-order valence-electron chi connectivity index (χ1n) is 6.82. The van der Waals surface area contributed by atoms with Gasteiger partial charge in [-0.2, -0.15) is 0 Å². The Morgan fingerprint density at radius 1 is 1.21 bits per heavy atom. The number of aromatic nitrogens is 1. The highest BCUT2D eigenvalue weighted by molar-refractivity contribution is 5.72. The summed E-state index contributed by atoms with van der Waals surface area (Å²) >= 11 is 0. The lowest BCUT2D eigenvalue weighted by molar-refractivity contribution is -0.142. The summed E-state index contributed by atoms with van der Waals surface area (Å²) in [6, 6.07) is 7.74. The average molecular weight is 259 g/mol. The predicted octanol–water partition coefficient (Wildman–Crippen LogP) is 3.58. The van der Waals surface area contributed by atoms with Crippen molar-refractivity contribution in [1.82, 2.24) is 4.98 Å². The van der Waals surface area contributed by atoms with Crippen LogP contribution in [0.2, 0.25) is 0 Å². The predicted molar refractivity (Wildman–Crippen MR) is 71.0 cm³/mol. The molecule has 0 bridgehead atoms. The van der Waals surface area contributed by atoms with E-state index in [1.807, 2.05) is 24.3 Å². The minimum atomic E-state index is -0.668. The Bertz CT molecular complexity index is 557. The van der Waals surface area contributed by atoms with Crippen LogP contribution in [-0.2, 0) is 4.79 Å². The summed E-state index contributed by atoms with van der Waals surface area (Å²) in [7, 11) is 0. The number of carbonyl (C=O) groups is 1. The van der Waals surface area contributed by atoms with Crippen LogP contribution in [0, 0.1) is 5.92 Å². The van der Waals surface area contributed by atoms with Gasteiger partial charge in [-0.1, -0.05) is 18.6 Å². The van der Waals surface area contributed by atoms with Crippen LogP contribution in [-0.4, -0.2) is 16.1 Å². The fourth-order valence-corrected chi connectivity index (χ4v) is 2.86. The van der Waals surface area contributed by atoms with E-state index in [9.17, 15) is 4.79 Å². The molecule has 0 amide bonds. The number of nitrogens with zero attached hydrogens (tertiary/aromatic N) is 1. The molecule has 1 N–H and O–H groups in total. The number of rotatable bonds is 2. The van der Waals surface area contributed by atoms with Crippen molar-refractivity contribution in [3.05, 3.63) is 30.2 Å². The van der Waals surface area contributed by atoms with Crippen molar-refractivity contribution in [3.63, 3.8) is 0 Å². The monoisotopic (exact) mass is 259 g/mol.